The molecule has 1 heterocycles. The van der Waals surface area contributed by atoms with Gasteiger partial charge in [-0.1, -0.05) is 28.1 Å². The zero-order chi connectivity index (χ0) is 18.7. The standard InChI is InChI=1S/C19H15BrN2O4/c1-2-26-19(25)13-6-8-15(9-7-13)22-18(24)16(17(23)21-22)11-12-4-3-5-14(20)10-12/h3-11H,2H2,1H3,(H,21,23). The van der Waals surface area contributed by atoms with E-state index in [2.05, 4.69) is 21.4 Å². The number of anilines is 1. The van der Waals surface area contributed by atoms with Crippen molar-refractivity contribution in [3.8, 4) is 0 Å². The molecule has 0 unspecified atom stereocenters. The van der Waals surface area contributed by atoms with Crippen LogP contribution in [-0.4, -0.2) is 24.4 Å². The summed E-state index contributed by atoms with van der Waals surface area (Å²) in [6.45, 7) is 2.01. The minimum atomic E-state index is -0.482. The molecule has 0 aromatic heterocycles. The van der Waals surface area contributed by atoms with Gasteiger partial charge in [0.1, 0.15) is 5.57 Å². The van der Waals surface area contributed by atoms with Crippen molar-refractivity contribution in [2.75, 3.05) is 11.6 Å². The maximum atomic E-state index is 12.6. The number of rotatable bonds is 4. The van der Waals surface area contributed by atoms with Crippen molar-refractivity contribution < 1.29 is 19.1 Å². The van der Waals surface area contributed by atoms with Gasteiger partial charge in [-0.05, 0) is 55.0 Å². The van der Waals surface area contributed by atoms with Gasteiger partial charge >= 0.3 is 5.97 Å². The first-order valence-corrected chi connectivity index (χ1v) is 8.69. The highest BCUT2D eigenvalue weighted by Gasteiger charge is 2.34. The molecule has 2 aromatic carbocycles. The van der Waals surface area contributed by atoms with Crippen LogP contribution in [0.4, 0.5) is 5.69 Å². The first-order valence-electron chi connectivity index (χ1n) is 7.89. The zero-order valence-corrected chi connectivity index (χ0v) is 15.4. The first kappa shape index (κ1) is 17.9. The Morgan fingerprint density at radius 3 is 2.58 bits per heavy atom. The molecule has 1 saturated heterocycles. The number of ether oxygens (including phenoxy) is 1. The van der Waals surface area contributed by atoms with Crippen LogP contribution >= 0.6 is 15.9 Å². The van der Waals surface area contributed by atoms with Crippen molar-refractivity contribution in [3.63, 3.8) is 0 Å². The van der Waals surface area contributed by atoms with Crippen LogP contribution in [0, 0.1) is 0 Å². The summed E-state index contributed by atoms with van der Waals surface area (Å²) >= 11 is 3.36. The lowest BCUT2D eigenvalue weighted by Crippen LogP contribution is -2.35. The number of hydrazine groups is 1. The summed E-state index contributed by atoms with van der Waals surface area (Å²) in [6.07, 6.45) is 1.54. The fourth-order valence-corrected chi connectivity index (χ4v) is 2.88. The van der Waals surface area contributed by atoms with E-state index in [0.29, 0.717) is 11.3 Å². The van der Waals surface area contributed by atoms with Crippen LogP contribution in [0.15, 0.2) is 58.6 Å². The maximum absolute atomic E-state index is 12.6. The highest BCUT2D eigenvalue weighted by Crippen LogP contribution is 2.23. The Hall–Kier alpha value is -2.93. The molecule has 3 rings (SSSR count). The topological polar surface area (TPSA) is 75.7 Å². The molecule has 0 bridgehead atoms. The van der Waals surface area contributed by atoms with Crippen LogP contribution in [-0.2, 0) is 14.3 Å². The van der Waals surface area contributed by atoms with Crippen molar-refractivity contribution in [3.05, 3.63) is 69.7 Å². The SMILES string of the molecule is CCOC(=O)c1ccc(N2NC(=O)C(=Cc3cccc(Br)c3)C2=O)cc1. The Kier molecular flexibility index (Phi) is 5.18. The molecule has 0 radical (unpaired) electrons. The molecule has 6 nitrogen and oxygen atoms in total. The largest absolute Gasteiger partial charge is 0.462 e. The third-order valence-electron chi connectivity index (χ3n) is 3.69. The number of halogens is 1. The maximum Gasteiger partial charge on any atom is 0.338 e. The molecule has 1 N–H and O–H groups in total. The first-order chi connectivity index (χ1) is 12.5. The summed E-state index contributed by atoms with van der Waals surface area (Å²) in [7, 11) is 0. The zero-order valence-electron chi connectivity index (χ0n) is 13.9. The Labute approximate surface area is 158 Å². The highest BCUT2D eigenvalue weighted by molar-refractivity contribution is 9.10. The van der Waals surface area contributed by atoms with Crippen molar-refractivity contribution in [2.24, 2.45) is 0 Å². The summed E-state index contributed by atoms with van der Waals surface area (Å²) in [5.41, 5.74) is 4.13. The van der Waals surface area contributed by atoms with E-state index in [9.17, 15) is 14.4 Å². The van der Waals surface area contributed by atoms with Gasteiger partial charge in [0, 0.05) is 4.47 Å². The van der Waals surface area contributed by atoms with E-state index in [0.717, 1.165) is 15.0 Å². The van der Waals surface area contributed by atoms with Crippen molar-refractivity contribution in [1.82, 2.24) is 5.43 Å². The number of nitrogens with zero attached hydrogens (tertiary/aromatic N) is 1. The van der Waals surface area contributed by atoms with Crippen LogP contribution < -0.4 is 10.4 Å². The molecule has 2 aromatic rings. The monoisotopic (exact) mass is 414 g/mol. The Bertz CT molecular complexity index is 906. The third kappa shape index (κ3) is 3.67. The number of carbonyl (C=O) groups excluding carboxylic acids is 3. The molecular weight excluding hydrogens is 400 g/mol. The van der Waals surface area contributed by atoms with Gasteiger partial charge in [0.25, 0.3) is 11.8 Å². The lowest BCUT2D eigenvalue weighted by molar-refractivity contribution is -0.117. The number of carbonyl (C=O) groups is 3. The summed E-state index contributed by atoms with van der Waals surface area (Å²) < 4.78 is 5.77. The predicted octanol–water partition coefficient (Wildman–Crippen LogP) is 3.09. The molecule has 0 spiro atoms. The Balaban J connectivity index is 1.84. The molecule has 26 heavy (non-hydrogen) atoms. The summed E-state index contributed by atoms with van der Waals surface area (Å²) in [6, 6.07) is 13.5. The lowest BCUT2D eigenvalue weighted by Gasteiger charge is -2.14. The van der Waals surface area contributed by atoms with Gasteiger partial charge in [-0.2, -0.15) is 0 Å². The molecular formula is C19H15BrN2O4. The molecule has 1 aliphatic rings. The van der Waals surface area contributed by atoms with E-state index in [4.69, 9.17) is 4.74 Å². The molecule has 0 saturated carbocycles. The second kappa shape index (κ2) is 7.53. The lowest BCUT2D eigenvalue weighted by atomic mass is 10.1. The van der Waals surface area contributed by atoms with Crippen LogP contribution in [0.5, 0.6) is 0 Å². The van der Waals surface area contributed by atoms with Gasteiger partial charge < -0.3 is 4.74 Å². The highest BCUT2D eigenvalue weighted by atomic mass is 79.9. The van der Waals surface area contributed by atoms with E-state index >= 15 is 0 Å². The van der Waals surface area contributed by atoms with Gasteiger partial charge in [0.05, 0.1) is 17.9 Å². The van der Waals surface area contributed by atoms with E-state index in [1.165, 1.54) is 6.08 Å². The van der Waals surface area contributed by atoms with Gasteiger partial charge in [0.2, 0.25) is 0 Å². The smallest absolute Gasteiger partial charge is 0.338 e. The fraction of sp³-hybridized carbons (Fsp3) is 0.105. The minimum absolute atomic E-state index is 0.0394. The van der Waals surface area contributed by atoms with Crippen LogP contribution in [0.2, 0.25) is 0 Å². The summed E-state index contributed by atoms with van der Waals surface area (Å²) in [5.74, 6) is -1.38. The molecule has 1 aliphatic heterocycles. The molecule has 7 heteroatoms. The molecule has 1 fully saturated rings. The van der Waals surface area contributed by atoms with E-state index in [1.807, 2.05) is 18.2 Å². The van der Waals surface area contributed by atoms with Crippen LogP contribution in [0.1, 0.15) is 22.8 Å². The minimum Gasteiger partial charge on any atom is -0.462 e. The number of nitrogens with one attached hydrogen (secondary N) is 1. The van der Waals surface area contributed by atoms with Gasteiger partial charge in [-0.25, -0.2) is 9.80 Å². The van der Waals surface area contributed by atoms with Gasteiger partial charge in [0.15, 0.2) is 0 Å². The average Bonchev–Trinajstić information content (AvgIpc) is 2.90. The quantitative estimate of drug-likeness (QED) is 0.473. The number of esters is 1. The third-order valence-corrected chi connectivity index (χ3v) is 4.18. The summed E-state index contributed by atoms with van der Waals surface area (Å²) in [4.78, 5) is 36.5. The predicted molar refractivity (Wildman–Crippen MR) is 100 cm³/mol. The van der Waals surface area contributed by atoms with Crippen molar-refractivity contribution in [1.29, 1.82) is 0 Å². The van der Waals surface area contributed by atoms with Gasteiger partial charge in [-0.3, -0.25) is 15.0 Å². The molecule has 0 aliphatic carbocycles. The Morgan fingerprint density at radius 1 is 1.19 bits per heavy atom. The van der Waals surface area contributed by atoms with E-state index < -0.39 is 17.8 Å². The van der Waals surface area contributed by atoms with Gasteiger partial charge in [-0.15, -0.1) is 0 Å². The second-order valence-electron chi connectivity index (χ2n) is 5.46. The molecule has 0 atom stereocenters. The molecule has 132 valence electrons. The number of hydrogen-bond donors (Lipinski definition) is 1. The second-order valence-corrected chi connectivity index (χ2v) is 6.38. The normalized spacial score (nSPS) is 15.3. The molecule has 2 amide bonds. The van der Waals surface area contributed by atoms with Crippen LogP contribution in [0.3, 0.4) is 0 Å². The summed E-state index contributed by atoms with van der Waals surface area (Å²) in [5, 5.41) is 1.15. The fourth-order valence-electron chi connectivity index (χ4n) is 2.46. The van der Waals surface area contributed by atoms with Crippen LogP contribution in [0.25, 0.3) is 6.08 Å². The van der Waals surface area contributed by atoms with Crippen molar-refractivity contribution >= 4 is 45.5 Å². The average molecular weight is 415 g/mol. The van der Waals surface area contributed by atoms with Crippen molar-refractivity contribution in [2.45, 2.75) is 6.92 Å². The van der Waals surface area contributed by atoms with E-state index in [-0.39, 0.29) is 12.2 Å². The number of benzene rings is 2. The number of amides is 2. The van der Waals surface area contributed by atoms with E-state index in [1.54, 1.807) is 37.3 Å². The number of hydrogen-bond acceptors (Lipinski definition) is 4. The Morgan fingerprint density at radius 2 is 1.92 bits per heavy atom.